The van der Waals surface area contributed by atoms with E-state index < -0.39 is 23.6 Å². The van der Waals surface area contributed by atoms with Gasteiger partial charge >= 0.3 is 12.1 Å². The largest absolute Gasteiger partial charge is 0.466 e. The summed E-state index contributed by atoms with van der Waals surface area (Å²) in [5.41, 5.74) is -0.711. The Morgan fingerprint density at radius 3 is 2.73 bits per heavy atom. The molecule has 30 heavy (non-hydrogen) atoms. The van der Waals surface area contributed by atoms with Crippen LogP contribution in [0.5, 0.6) is 0 Å². The molecule has 0 saturated carbocycles. The molecule has 2 aromatic rings. The standard InChI is InChI=1S/C21H20F3N3O3/c1-2-30-20(29)15-5-4-9-26(13-15)19(28)18-14(12-25)8-10-27(18)17-7-3-6-16(11-17)21(22,23)24/h3,6-8,10-11,15H,2,4-5,9,13H2,1H3/t15-/m1/s1. The van der Waals surface area contributed by atoms with Crippen molar-refractivity contribution in [3.05, 3.63) is 53.3 Å². The van der Waals surface area contributed by atoms with E-state index in [1.807, 2.05) is 6.07 Å². The number of hydrogen-bond donors (Lipinski definition) is 0. The van der Waals surface area contributed by atoms with Crippen LogP contribution in [0, 0.1) is 17.2 Å². The molecule has 0 radical (unpaired) electrons. The number of carbonyl (C=O) groups excluding carboxylic acids is 2. The number of aromatic nitrogens is 1. The normalized spacial score (nSPS) is 16.8. The van der Waals surface area contributed by atoms with Crippen molar-refractivity contribution in [1.29, 1.82) is 5.26 Å². The number of ether oxygens (including phenoxy) is 1. The lowest BCUT2D eigenvalue weighted by Gasteiger charge is -2.31. The summed E-state index contributed by atoms with van der Waals surface area (Å²) in [5, 5.41) is 9.43. The minimum atomic E-state index is -4.54. The minimum absolute atomic E-state index is 0.0265. The van der Waals surface area contributed by atoms with Crippen LogP contribution < -0.4 is 0 Å². The number of nitriles is 1. The van der Waals surface area contributed by atoms with Crippen LogP contribution in [0.3, 0.4) is 0 Å². The van der Waals surface area contributed by atoms with Crippen LogP contribution >= 0.6 is 0 Å². The summed E-state index contributed by atoms with van der Waals surface area (Å²) in [7, 11) is 0. The van der Waals surface area contributed by atoms with Gasteiger partial charge in [-0.25, -0.2) is 0 Å². The molecule has 0 aliphatic carbocycles. The van der Waals surface area contributed by atoms with Gasteiger partial charge in [0.25, 0.3) is 5.91 Å². The van der Waals surface area contributed by atoms with Crippen LogP contribution in [0.25, 0.3) is 5.69 Å². The van der Waals surface area contributed by atoms with Crippen molar-refractivity contribution in [3.63, 3.8) is 0 Å². The number of esters is 1. The summed E-state index contributed by atoms with van der Waals surface area (Å²) >= 11 is 0. The van der Waals surface area contributed by atoms with E-state index in [0.29, 0.717) is 19.4 Å². The van der Waals surface area contributed by atoms with E-state index in [-0.39, 0.29) is 36.1 Å². The average molecular weight is 419 g/mol. The topological polar surface area (TPSA) is 75.3 Å². The fourth-order valence-corrected chi connectivity index (χ4v) is 3.55. The zero-order valence-corrected chi connectivity index (χ0v) is 16.3. The fourth-order valence-electron chi connectivity index (χ4n) is 3.55. The zero-order valence-electron chi connectivity index (χ0n) is 16.3. The molecule has 9 heteroatoms. The molecule has 2 heterocycles. The molecule has 1 saturated heterocycles. The first-order chi connectivity index (χ1) is 14.3. The first kappa shape index (κ1) is 21.4. The monoisotopic (exact) mass is 419 g/mol. The molecular weight excluding hydrogens is 399 g/mol. The summed E-state index contributed by atoms with van der Waals surface area (Å²) in [6, 6.07) is 7.86. The third-order valence-corrected chi connectivity index (χ3v) is 4.99. The second kappa shape index (κ2) is 8.61. The van der Waals surface area contributed by atoms with Gasteiger partial charge in [-0.2, -0.15) is 18.4 Å². The summed E-state index contributed by atoms with van der Waals surface area (Å²) in [6.45, 7) is 2.45. The van der Waals surface area contributed by atoms with E-state index in [2.05, 4.69) is 0 Å². The summed E-state index contributed by atoms with van der Waals surface area (Å²) in [6.07, 6.45) is -1.97. The van der Waals surface area contributed by atoms with Crippen molar-refractivity contribution >= 4 is 11.9 Å². The highest BCUT2D eigenvalue weighted by Gasteiger charge is 2.33. The molecule has 1 atom stereocenters. The predicted octanol–water partition coefficient (Wildman–Crippen LogP) is 3.78. The third kappa shape index (κ3) is 4.32. The molecule has 0 bridgehead atoms. The highest BCUT2D eigenvalue weighted by atomic mass is 19.4. The maximum Gasteiger partial charge on any atom is 0.416 e. The second-order valence-corrected chi connectivity index (χ2v) is 6.95. The Bertz CT molecular complexity index is 991. The van der Waals surface area contributed by atoms with Gasteiger partial charge in [0.1, 0.15) is 11.8 Å². The van der Waals surface area contributed by atoms with Crippen LogP contribution in [0.2, 0.25) is 0 Å². The van der Waals surface area contributed by atoms with Gasteiger partial charge in [0.05, 0.1) is 23.7 Å². The molecule has 6 nitrogen and oxygen atoms in total. The van der Waals surface area contributed by atoms with Crippen molar-refractivity contribution in [3.8, 4) is 11.8 Å². The number of hydrogen-bond acceptors (Lipinski definition) is 4. The first-order valence-corrected chi connectivity index (χ1v) is 9.51. The number of amides is 1. The van der Waals surface area contributed by atoms with E-state index in [0.717, 1.165) is 12.1 Å². The van der Waals surface area contributed by atoms with Gasteiger partial charge < -0.3 is 14.2 Å². The van der Waals surface area contributed by atoms with E-state index in [1.54, 1.807) is 6.92 Å². The fraction of sp³-hybridized carbons (Fsp3) is 0.381. The molecule has 0 N–H and O–H groups in total. The lowest BCUT2D eigenvalue weighted by atomic mass is 9.97. The molecule has 1 amide bonds. The maximum atomic E-state index is 13.2. The molecule has 1 fully saturated rings. The quantitative estimate of drug-likeness (QED) is 0.707. The number of nitrogens with zero attached hydrogens (tertiary/aromatic N) is 3. The Balaban J connectivity index is 1.95. The Morgan fingerprint density at radius 1 is 1.30 bits per heavy atom. The van der Waals surface area contributed by atoms with Crippen LogP contribution in [0.15, 0.2) is 36.5 Å². The molecular formula is C21H20F3N3O3. The van der Waals surface area contributed by atoms with Crippen LogP contribution in [0.1, 0.15) is 41.4 Å². The minimum Gasteiger partial charge on any atom is -0.466 e. The van der Waals surface area contributed by atoms with E-state index >= 15 is 0 Å². The van der Waals surface area contributed by atoms with Crippen molar-refractivity contribution in [2.24, 2.45) is 5.92 Å². The van der Waals surface area contributed by atoms with Crippen molar-refractivity contribution in [2.45, 2.75) is 25.9 Å². The van der Waals surface area contributed by atoms with E-state index in [4.69, 9.17) is 4.74 Å². The van der Waals surface area contributed by atoms with Crippen LogP contribution in [-0.2, 0) is 15.7 Å². The number of alkyl halides is 3. The number of rotatable bonds is 4. The van der Waals surface area contributed by atoms with Gasteiger partial charge in [-0.05, 0) is 44.0 Å². The maximum absolute atomic E-state index is 13.2. The molecule has 158 valence electrons. The van der Waals surface area contributed by atoms with Gasteiger partial charge in [-0.15, -0.1) is 0 Å². The van der Waals surface area contributed by atoms with E-state index in [9.17, 15) is 28.0 Å². The van der Waals surface area contributed by atoms with Crippen molar-refractivity contribution < 1.29 is 27.5 Å². The zero-order chi connectivity index (χ0) is 21.9. The van der Waals surface area contributed by atoms with Crippen LogP contribution in [0.4, 0.5) is 13.2 Å². The van der Waals surface area contributed by atoms with Gasteiger partial charge in [0.2, 0.25) is 0 Å². The third-order valence-electron chi connectivity index (χ3n) is 4.99. The number of benzene rings is 1. The van der Waals surface area contributed by atoms with Gasteiger partial charge in [0, 0.05) is 25.0 Å². The first-order valence-electron chi connectivity index (χ1n) is 9.51. The smallest absolute Gasteiger partial charge is 0.416 e. The predicted molar refractivity (Wildman–Crippen MR) is 101 cm³/mol. The second-order valence-electron chi connectivity index (χ2n) is 6.95. The van der Waals surface area contributed by atoms with Crippen molar-refractivity contribution in [1.82, 2.24) is 9.47 Å². The summed E-state index contributed by atoms with van der Waals surface area (Å²) in [5.74, 6) is -1.36. The lowest BCUT2D eigenvalue weighted by Crippen LogP contribution is -2.43. The number of piperidine rings is 1. The molecule has 1 aromatic carbocycles. The average Bonchev–Trinajstić information content (AvgIpc) is 3.17. The Kier molecular flexibility index (Phi) is 6.15. The summed E-state index contributed by atoms with van der Waals surface area (Å²) in [4.78, 5) is 26.7. The number of halogens is 3. The molecule has 1 aliphatic rings. The summed E-state index contributed by atoms with van der Waals surface area (Å²) < 4.78 is 45.6. The molecule has 1 aliphatic heterocycles. The van der Waals surface area contributed by atoms with Gasteiger partial charge in [-0.1, -0.05) is 6.07 Å². The molecule has 0 unspecified atom stereocenters. The Hall–Kier alpha value is -3.28. The van der Waals surface area contributed by atoms with Crippen LogP contribution in [-0.4, -0.2) is 41.0 Å². The number of likely N-dealkylation sites (tertiary alicyclic amines) is 1. The van der Waals surface area contributed by atoms with Crippen molar-refractivity contribution in [2.75, 3.05) is 19.7 Å². The van der Waals surface area contributed by atoms with Gasteiger partial charge in [0.15, 0.2) is 0 Å². The molecule has 3 rings (SSSR count). The number of carbonyl (C=O) groups is 2. The highest BCUT2D eigenvalue weighted by molar-refractivity contribution is 5.96. The SMILES string of the molecule is CCOC(=O)[C@@H]1CCCN(C(=O)c2c(C#N)ccn2-c2cccc(C(F)(F)F)c2)C1. The molecule has 1 aromatic heterocycles. The highest BCUT2D eigenvalue weighted by Crippen LogP contribution is 2.31. The van der Waals surface area contributed by atoms with E-state index in [1.165, 1.54) is 33.9 Å². The lowest BCUT2D eigenvalue weighted by molar-refractivity contribution is -0.149. The Morgan fingerprint density at radius 2 is 2.07 bits per heavy atom. The Labute approximate surface area is 171 Å². The van der Waals surface area contributed by atoms with Gasteiger partial charge in [-0.3, -0.25) is 9.59 Å². The molecule has 0 spiro atoms.